The van der Waals surface area contributed by atoms with Crippen LogP contribution < -0.4 is 5.56 Å². The SMILES string of the molecule is CC(C)(C)c1nc(-c2ncccn2)[nH]c(=O)c1Br. The molecule has 0 saturated heterocycles. The molecule has 0 unspecified atom stereocenters. The van der Waals surface area contributed by atoms with Crippen LogP contribution >= 0.6 is 15.9 Å². The lowest BCUT2D eigenvalue weighted by Gasteiger charge is -2.19. The second kappa shape index (κ2) is 4.61. The summed E-state index contributed by atoms with van der Waals surface area (Å²) < 4.78 is 0.453. The van der Waals surface area contributed by atoms with Gasteiger partial charge in [-0.2, -0.15) is 0 Å². The Hall–Kier alpha value is -1.56. The number of rotatable bonds is 1. The van der Waals surface area contributed by atoms with Crippen molar-refractivity contribution >= 4 is 15.9 Å². The van der Waals surface area contributed by atoms with Crippen molar-refractivity contribution in [3.8, 4) is 11.6 Å². The summed E-state index contributed by atoms with van der Waals surface area (Å²) in [6, 6.07) is 1.71. The fraction of sp³-hybridized carbons (Fsp3) is 0.333. The van der Waals surface area contributed by atoms with Gasteiger partial charge in [-0.3, -0.25) is 4.79 Å². The van der Waals surface area contributed by atoms with Crippen LogP contribution in [0.1, 0.15) is 26.5 Å². The van der Waals surface area contributed by atoms with Crippen molar-refractivity contribution in [2.45, 2.75) is 26.2 Å². The van der Waals surface area contributed by atoms with E-state index < -0.39 is 0 Å². The molecular weight excluding hydrogens is 296 g/mol. The summed E-state index contributed by atoms with van der Waals surface area (Å²) in [7, 11) is 0. The predicted octanol–water partition coefficient (Wildman–Crippen LogP) is 2.29. The van der Waals surface area contributed by atoms with Gasteiger partial charge < -0.3 is 4.98 Å². The van der Waals surface area contributed by atoms with Gasteiger partial charge in [0.15, 0.2) is 11.6 Å². The number of nitrogens with one attached hydrogen (secondary N) is 1. The van der Waals surface area contributed by atoms with Gasteiger partial charge in [-0.05, 0) is 22.0 Å². The molecular formula is C12H13BrN4O. The lowest BCUT2D eigenvalue weighted by Crippen LogP contribution is -2.22. The summed E-state index contributed by atoms with van der Waals surface area (Å²) in [4.78, 5) is 27.2. The summed E-state index contributed by atoms with van der Waals surface area (Å²) in [5.74, 6) is 0.793. The number of aromatic nitrogens is 4. The maximum Gasteiger partial charge on any atom is 0.265 e. The van der Waals surface area contributed by atoms with Crippen molar-refractivity contribution in [1.82, 2.24) is 19.9 Å². The molecule has 2 aromatic rings. The van der Waals surface area contributed by atoms with Gasteiger partial charge in [0.1, 0.15) is 4.47 Å². The third-order valence-electron chi connectivity index (χ3n) is 2.35. The second-order valence-electron chi connectivity index (χ2n) is 4.90. The Balaban J connectivity index is 2.66. The summed E-state index contributed by atoms with van der Waals surface area (Å²) in [5.41, 5.74) is 0.225. The molecule has 5 nitrogen and oxygen atoms in total. The molecule has 0 amide bonds. The van der Waals surface area contributed by atoms with Crippen LogP contribution in [0.3, 0.4) is 0 Å². The molecule has 0 spiro atoms. The third kappa shape index (κ3) is 2.48. The normalized spacial score (nSPS) is 11.6. The quantitative estimate of drug-likeness (QED) is 0.877. The smallest absolute Gasteiger partial charge is 0.265 e. The average molecular weight is 309 g/mol. The lowest BCUT2D eigenvalue weighted by atomic mass is 9.92. The molecule has 0 atom stereocenters. The van der Waals surface area contributed by atoms with Gasteiger partial charge in [0.05, 0.1) is 5.69 Å². The number of H-pyrrole nitrogens is 1. The number of nitrogens with zero attached hydrogens (tertiary/aromatic N) is 3. The van der Waals surface area contributed by atoms with E-state index in [1.807, 2.05) is 20.8 Å². The fourth-order valence-electron chi connectivity index (χ4n) is 1.48. The van der Waals surface area contributed by atoms with Crippen LogP contribution in [-0.2, 0) is 5.41 Å². The summed E-state index contributed by atoms with van der Waals surface area (Å²) in [5, 5.41) is 0. The van der Waals surface area contributed by atoms with Gasteiger partial charge in [-0.1, -0.05) is 20.8 Å². The molecule has 2 aromatic heterocycles. The topological polar surface area (TPSA) is 71.5 Å². The largest absolute Gasteiger partial charge is 0.303 e. The Morgan fingerprint density at radius 2 is 1.83 bits per heavy atom. The number of hydrogen-bond donors (Lipinski definition) is 1. The maximum absolute atomic E-state index is 11.9. The van der Waals surface area contributed by atoms with E-state index in [2.05, 4.69) is 35.9 Å². The zero-order chi connectivity index (χ0) is 13.3. The summed E-state index contributed by atoms with van der Waals surface area (Å²) in [6.45, 7) is 5.99. The van der Waals surface area contributed by atoms with Crippen molar-refractivity contribution < 1.29 is 0 Å². The van der Waals surface area contributed by atoms with Crippen LogP contribution in [0.2, 0.25) is 0 Å². The monoisotopic (exact) mass is 308 g/mol. The Morgan fingerprint density at radius 1 is 1.22 bits per heavy atom. The fourth-order valence-corrected chi connectivity index (χ4v) is 2.27. The highest BCUT2D eigenvalue weighted by Gasteiger charge is 2.22. The Kier molecular flexibility index (Phi) is 3.30. The average Bonchev–Trinajstić information content (AvgIpc) is 2.32. The minimum absolute atomic E-state index is 0.225. The molecule has 6 heteroatoms. The van der Waals surface area contributed by atoms with Crippen molar-refractivity contribution in [2.75, 3.05) is 0 Å². The minimum atomic E-state index is -0.239. The molecule has 0 aliphatic carbocycles. The second-order valence-corrected chi connectivity index (χ2v) is 5.69. The first-order valence-corrected chi connectivity index (χ1v) is 6.26. The first-order valence-electron chi connectivity index (χ1n) is 5.47. The maximum atomic E-state index is 11.9. The molecule has 18 heavy (non-hydrogen) atoms. The lowest BCUT2D eigenvalue weighted by molar-refractivity contribution is 0.562. The van der Waals surface area contributed by atoms with Gasteiger partial charge in [0, 0.05) is 17.8 Å². The van der Waals surface area contributed by atoms with Crippen molar-refractivity contribution in [2.24, 2.45) is 0 Å². The number of halogens is 1. The molecule has 2 heterocycles. The van der Waals surface area contributed by atoms with E-state index in [-0.39, 0.29) is 11.0 Å². The molecule has 0 aromatic carbocycles. The highest BCUT2D eigenvalue weighted by molar-refractivity contribution is 9.10. The van der Waals surface area contributed by atoms with E-state index in [0.717, 1.165) is 0 Å². The molecule has 0 bridgehead atoms. The van der Waals surface area contributed by atoms with Crippen molar-refractivity contribution in [1.29, 1.82) is 0 Å². The van der Waals surface area contributed by atoms with E-state index in [9.17, 15) is 4.79 Å². The van der Waals surface area contributed by atoms with E-state index in [0.29, 0.717) is 21.8 Å². The van der Waals surface area contributed by atoms with E-state index in [1.165, 1.54) is 0 Å². The number of hydrogen-bond acceptors (Lipinski definition) is 4. The van der Waals surface area contributed by atoms with Gasteiger partial charge in [0.25, 0.3) is 5.56 Å². The molecule has 1 N–H and O–H groups in total. The molecule has 0 aliphatic rings. The Bertz CT molecular complexity index is 616. The third-order valence-corrected chi connectivity index (χ3v) is 3.09. The van der Waals surface area contributed by atoms with E-state index in [1.54, 1.807) is 18.5 Å². The van der Waals surface area contributed by atoms with Gasteiger partial charge >= 0.3 is 0 Å². The van der Waals surface area contributed by atoms with E-state index >= 15 is 0 Å². The van der Waals surface area contributed by atoms with Crippen LogP contribution in [0.25, 0.3) is 11.6 Å². The van der Waals surface area contributed by atoms with Gasteiger partial charge in [-0.15, -0.1) is 0 Å². The standard InChI is InChI=1S/C12H13BrN4O/c1-12(2,3)8-7(13)11(18)17-10(16-8)9-14-5-4-6-15-9/h4-6H,1-3H3,(H,16,17,18). The molecule has 0 aliphatic heterocycles. The van der Waals surface area contributed by atoms with E-state index in [4.69, 9.17) is 0 Å². The van der Waals surface area contributed by atoms with Gasteiger partial charge in [0.2, 0.25) is 0 Å². The first-order chi connectivity index (χ1) is 8.39. The van der Waals surface area contributed by atoms with Crippen molar-refractivity contribution in [3.63, 3.8) is 0 Å². The zero-order valence-electron chi connectivity index (χ0n) is 10.4. The molecule has 0 saturated carbocycles. The highest BCUT2D eigenvalue weighted by atomic mass is 79.9. The number of aromatic amines is 1. The molecule has 0 fully saturated rings. The van der Waals surface area contributed by atoms with Crippen LogP contribution in [-0.4, -0.2) is 19.9 Å². The zero-order valence-corrected chi connectivity index (χ0v) is 11.9. The van der Waals surface area contributed by atoms with Crippen molar-refractivity contribution in [3.05, 3.63) is 39.0 Å². The Labute approximate surface area is 113 Å². The van der Waals surface area contributed by atoms with Crippen LogP contribution in [0, 0.1) is 0 Å². The molecule has 2 rings (SSSR count). The van der Waals surface area contributed by atoms with Crippen LogP contribution in [0.4, 0.5) is 0 Å². The summed E-state index contributed by atoms with van der Waals surface area (Å²) >= 11 is 3.28. The van der Waals surface area contributed by atoms with Crippen LogP contribution in [0.15, 0.2) is 27.7 Å². The first kappa shape index (κ1) is 12.9. The van der Waals surface area contributed by atoms with Crippen LogP contribution in [0.5, 0.6) is 0 Å². The molecule has 0 radical (unpaired) electrons. The van der Waals surface area contributed by atoms with Gasteiger partial charge in [-0.25, -0.2) is 15.0 Å². The molecule has 94 valence electrons. The Morgan fingerprint density at radius 3 is 2.39 bits per heavy atom. The minimum Gasteiger partial charge on any atom is -0.303 e. The summed E-state index contributed by atoms with van der Waals surface area (Å²) in [6.07, 6.45) is 3.22. The predicted molar refractivity (Wildman–Crippen MR) is 72.3 cm³/mol. The highest BCUT2D eigenvalue weighted by Crippen LogP contribution is 2.26.